The molecule has 6 rings (SSSR count). The first-order chi connectivity index (χ1) is 15.6. The van der Waals surface area contributed by atoms with Crippen LogP contribution in [0.15, 0.2) is 59.3 Å². The van der Waals surface area contributed by atoms with E-state index in [0.717, 1.165) is 17.8 Å². The summed E-state index contributed by atoms with van der Waals surface area (Å²) in [5, 5.41) is 9.26. The third-order valence-electron chi connectivity index (χ3n) is 7.94. The number of ether oxygens (including phenoxy) is 1. The average Bonchev–Trinajstić information content (AvgIpc) is 3.13. The van der Waals surface area contributed by atoms with Gasteiger partial charge in [0.25, 0.3) is 0 Å². The van der Waals surface area contributed by atoms with E-state index in [1.165, 1.54) is 33.5 Å². The number of anilines is 1. The van der Waals surface area contributed by atoms with Crippen molar-refractivity contribution in [1.29, 1.82) is 0 Å². The van der Waals surface area contributed by atoms with Crippen LogP contribution in [0.25, 0.3) is 11.1 Å². The molecule has 5 nitrogen and oxygen atoms in total. The molecule has 4 aliphatic rings. The summed E-state index contributed by atoms with van der Waals surface area (Å²) in [7, 11) is 0. The van der Waals surface area contributed by atoms with Crippen LogP contribution in [0.2, 0.25) is 0 Å². The van der Waals surface area contributed by atoms with E-state index in [1.54, 1.807) is 6.08 Å². The Morgan fingerprint density at radius 3 is 2.58 bits per heavy atom. The standard InChI is InChI=1S/C28H27NO4/c1-27(2)19-8-6-5-7-16(19)17-13-21-22(14-20(17)27)29-10-9-23-18(25(29)28(21,3)4)11-15(12-24(30)31)26(32)33-23/h5-8,11,13-14,23H,9-10,12H2,1-4H3,(H,30,31). The van der Waals surface area contributed by atoms with Gasteiger partial charge in [0.1, 0.15) is 6.10 Å². The van der Waals surface area contributed by atoms with Crippen molar-refractivity contribution in [3.05, 3.63) is 76.0 Å². The van der Waals surface area contributed by atoms with E-state index in [4.69, 9.17) is 4.74 Å². The zero-order chi connectivity index (χ0) is 23.3. The Balaban J connectivity index is 1.57. The van der Waals surface area contributed by atoms with Crippen molar-refractivity contribution in [3.8, 4) is 11.1 Å². The first-order valence-corrected chi connectivity index (χ1v) is 11.5. The number of aliphatic carboxylic acids is 1. The van der Waals surface area contributed by atoms with Crippen LogP contribution in [0.1, 0.15) is 57.2 Å². The van der Waals surface area contributed by atoms with Crippen molar-refractivity contribution < 1.29 is 19.4 Å². The molecule has 168 valence electrons. The van der Waals surface area contributed by atoms with Gasteiger partial charge < -0.3 is 14.7 Å². The first-order valence-electron chi connectivity index (χ1n) is 11.5. The van der Waals surface area contributed by atoms with E-state index in [-0.39, 0.29) is 28.9 Å². The number of rotatable bonds is 2. The van der Waals surface area contributed by atoms with Crippen molar-refractivity contribution in [1.82, 2.24) is 0 Å². The van der Waals surface area contributed by atoms with Crippen molar-refractivity contribution in [3.63, 3.8) is 0 Å². The molecule has 0 bridgehead atoms. The Hall–Kier alpha value is -3.34. The Bertz CT molecular complexity index is 1330. The van der Waals surface area contributed by atoms with E-state index in [9.17, 15) is 14.7 Å². The minimum Gasteiger partial charge on any atom is -0.481 e. The molecule has 1 unspecified atom stereocenters. The summed E-state index contributed by atoms with van der Waals surface area (Å²) in [5.41, 5.74) is 9.68. The molecule has 3 heterocycles. The molecule has 0 aromatic heterocycles. The van der Waals surface area contributed by atoms with Gasteiger partial charge in [-0.05, 0) is 46.0 Å². The van der Waals surface area contributed by atoms with Gasteiger partial charge in [0.05, 0.1) is 6.42 Å². The number of carbonyl (C=O) groups excluding carboxylic acids is 1. The lowest BCUT2D eigenvalue weighted by atomic mass is 9.77. The van der Waals surface area contributed by atoms with E-state index in [1.807, 2.05) is 0 Å². The Morgan fingerprint density at radius 2 is 1.82 bits per heavy atom. The molecule has 1 atom stereocenters. The molecule has 1 N–H and O–H groups in total. The lowest BCUT2D eigenvalue weighted by molar-refractivity contribution is -0.146. The molecule has 5 heteroatoms. The Labute approximate surface area is 193 Å². The van der Waals surface area contributed by atoms with Gasteiger partial charge >= 0.3 is 11.9 Å². The molecule has 2 aromatic carbocycles. The fourth-order valence-electron chi connectivity index (χ4n) is 6.37. The predicted octanol–water partition coefficient (Wildman–Crippen LogP) is 5.07. The molecule has 0 amide bonds. The lowest BCUT2D eigenvalue weighted by Crippen LogP contribution is -2.41. The van der Waals surface area contributed by atoms with Gasteiger partial charge in [0.15, 0.2) is 0 Å². The topological polar surface area (TPSA) is 66.8 Å². The molecule has 2 aromatic rings. The first kappa shape index (κ1) is 20.3. The van der Waals surface area contributed by atoms with Crippen molar-refractivity contribution in [2.75, 3.05) is 11.4 Å². The molecular weight excluding hydrogens is 414 g/mol. The van der Waals surface area contributed by atoms with Crippen LogP contribution in [0, 0.1) is 0 Å². The van der Waals surface area contributed by atoms with Crippen LogP contribution in [-0.2, 0) is 25.2 Å². The van der Waals surface area contributed by atoms with Crippen molar-refractivity contribution in [2.24, 2.45) is 0 Å². The van der Waals surface area contributed by atoms with Gasteiger partial charge in [-0.25, -0.2) is 4.79 Å². The van der Waals surface area contributed by atoms with E-state index in [0.29, 0.717) is 6.42 Å². The van der Waals surface area contributed by atoms with Crippen LogP contribution in [0.5, 0.6) is 0 Å². The third-order valence-corrected chi connectivity index (χ3v) is 7.94. The van der Waals surface area contributed by atoms with Crippen LogP contribution >= 0.6 is 0 Å². The van der Waals surface area contributed by atoms with Crippen LogP contribution in [0.4, 0.5) is 5.69 Å². The van der Waals surface area contributed by atoms with Gasteiger partial charge in [0.2, 0.25) is 0 Å². The maximum Gasteiger partial charge on any atom is 0.335 e. The molecular formula is C28H27NO4. The minimum atomic E-state index is -1.03. The van der Waals surface area contributed by atoms with E-state index >= 15 is 0 Å². The van der Waals surface area contributed by atoms with Gasteiger partial charge in [0, 0.05) is 46.3 Å². The van der Waals surface area contributed by atoms with Crippen LogP contribution in [0.3, 0.4) is 0 Å². The van der Waals surface area contributed by atoms with E-state index in [2.05, 4.69) is 69.0 Å². The number of carboxylic acids is 1. The Morgan fingerprint density at radius 1 is 1.06 bits per heavy atom. The summed E-state index contributed by atoms with van der Waals surface area (Å²) in [6.45, 7) is 9.78. The summed E-state index contributed by atoms with van der Waals surface area (Å²) < 4.78 is 5.71. The molecule has 33 heavy (non-hydrogen) atoms. The molecule has 0 saturated carbocycles. The fourth-order valence-corrected chi connectivity index (χ4v) is 6.37. The number of hydrogen-bond acceptors (Lipinski definition) is 4. The summed E-state index contributed by atoms with van der Waals surface area (Å²) in [6.07, 6.45) is 1.83. The van der Waals surface area contributed by atoms with Crippen LogP contribution in [-0.4, -0.2) is 29.7 Å². The zero-order valence-electron chi connectivity index (χ0n) is 19.4. The highest BCUT2D eigenvalue weighted by molar-refractivity contribution is 5.96. The van der Waals surface area contributed by atoms with Crippen LogP contribution < -0.4 is 4.90 Å². The monoisotopic (exact) mass is 441 g/mol. The van der Waals surface area contributed by atoms with Gasteiger partial charge in [-0.15, -0.1) is 0 Å². The fraction of sp³-hybridized carbons (Fsp3) is 0.357. The average molecular weight is 442 g/mol. The summed E-state index contributed by atoms with van der Waals surface area (Å²) in [6, 6.07) is 13.4. The summed E-state index contributed by atoms with van der Waals surface area (Å²) in [5.74, 6) is -1.54. The van der Waals surface area contributed by atoms with Gasteiger partial charge in [-0.1, -0.05) is 52.0 Å². The Kier molecular flexibility index (Phi) is 3.92. The quantitative estimate of drug-likeness (QED) is 0.659. The number of nitrogens with zero attached hydrogens (tertiary/aromatic N) is 1. The third kappa shape index (κ3) is 2.59. The minimum absolute atomic E-state index is 0.0752. The number of hydrogen-bond donors (Lipinski definition) is 1. The van der Waals surface area contributed by atoms with Crippen molar-refractivity contribution >= 4 is 17.6 Å². The van der Waals surface area contributed by atoms with Gasteiger partial charge in [-0.2, -0.15) is 0 Å². The molecule has 0 radical (unpaired) electrons. The number of carbonyl (C=O) groups is 2. The summed E-state index contributed by atoms with van der Waals surface area (Å²) in [4.78, 5) is 26.1. The molecule has 3 aliphatic heterocycles. The van der Waals surface area contributed by atoms with Gasteiger partial charge in [-0.3, -0.25) is 4.79 Å². The van der Waals surface area contributed by atoms with Crippen molar-refractivity contribution in [2.45, 2.75) is 57.5 Å². The zero-order valence-corrected chi connectivity index (χ0v) is 19.4. The number of allylic oxidation sites excluding steroid dienone is 1. The normalized spacial score (nSPS) is 23.2. The maximum atomic E-state index is 12.4. The summed E-state index contributed by atoms with van der Waals surface area (Å²) >= 11 is 0. The predicted molar refractivity (Wildman–Crippen MR) is 126 cm³/mol. The maximum absolute atomic E-state index is 12.4. The molecule has 0 saturated heterocycles. The highest BCUT2D eigenvalue weighted by Gasteiger charge is 2.48. The molecule has 0 fully saturated rings. The number of carboxylic acid groups (broad SMARTS) is 1. The number of benzene rings is 2. The molecule has 1 aliphatic carbocycles. The number of esters is 1. The second kappa shape index (κ2) is 6.37. The highest BCUT2D eigenvalue weighted by Crippen LogP contribution is 2.57. The largest absolute Gasteiger partial charge is 0.481 e. The SMILES string of the molecule is CC1(C)C2=C3C=C(CC(=O)O)C(=O)OC3CCN2c2cc3c(cc21)-c1ccccc1C3(C)C. The molecule has 0 spiro atoms. The highest BCUT2D eigenvalue weighted by atomic mass is 16.5. The second-order valence-electron chi connectivity index (χ2n) is 10.6. The van der Waals surface area contributed by atoms with E-state index < -0.39 is 11.9 Å². The smallest absolute Gasteiger partial charge is 0.335 e. The number of fused-ring (bicyclic) bond motifs is 7. The second-order valence-corrected chi connectivity index (χ2v) is 10.6. The lowest BCUT2D eigenvalue weighted by Gasteiger charge is -2.39.